The maximum atomic E-state index is 5.93. The van der Waals surface area contributed by atoms with Crippen LogP contribution in [0.25, 0.3) is 0 Å². The third-order valence-corrected chi connectivity index (χ3v) is 6.48. The van der Waals surface area contributed by atoms with Crippen LogP contribution in [0.1, 0.15) is 96.1 Å². The molecule has 0 saturated heterocycles. The Balaban J connectivity index is 1.43. The summed E-state index contributed by atoms with van der Waals surface area (Å²) >= 11 is 0. The third kappa shape index (κ3) is 7.08. The van der Waals surface area contributed by atoms with E-state index in [9.17, 15) is 0 Å². The van der Waals surface area contributed by atoms with E-state index >= 15 is 0 Å². The van der Waals surface area contributed by atoms with Crippen LogP contribution in [0.4, 0.5) is 0 Å². The normalized spacial score (nSPS) is 21.5. The van der Waals surface area contributed by atoms with Crippen LogP contribution in [0.15, 0.2) is 54.6 Å². The van der Waals surface area contributed by atoms with E-state index in [1.54, 1.807) is 0 Å². The molecule has 31 heavy (non-hydrogen) atoms. The highest BCUT2D eigenvalue weighted by molar-refractivity contribution is 5.30. The number of rotatable bonds is 9. The van der Waals surface area contributed by atoms with Crippen molar-refractivity contribution in [2.24, 2.45) is 5.41 Å². The van der Waals surface area contributed by atoms with Crippen LogP contribution in [-0.4, -0.2) is 12.4 Å². The molecule has 3 rings (SSSR count). The van der Waals surface area contributed by atoms with E-state index in [0.717, 1.165) is 31.4 Å². The summed E-state index contributed by atoms with van der Waals surface area (Å²) in [5.74, 6) is 2.00. The molecule has 1 saturated carbocycles. The average Bonchev–Trinajstić information content (AvgIpc) is 2.77. The fraction of sp³-hybridized carbons (Fsp3) is 0.571. The maximum Gasteiger partial charge on any atom is 0.228 e. The van der Waals surface area contributed by atoms with E-state index in [0.29, 0.717) is 11.8 Å². The van der Waals surface area contributed by atoms with Gasteiger partial charge in [-0.3, -0.25) is 0 Å². The van der Waals surface area contributed by atoms with Crippen LogP contribution in [0.5, 0.6) is 5.75 Å². The Morgan fingerprint density at radius 1 is 0.903 bits per heavy atom. The molecule has 2 unspecified atom stereocenters. The molecule has 3 nitrogen and oxygen atoms in total. The van der Waals surface area contributed by atoms with Crippen LogP contribution in [0, 0.1) is 5.41 Å². The SMILES string of the molecule is CCCC(c1ccc(OC(C)OOC2CCC(c3ccccc3)CC2)cc1)C(C)(C)C. The Hall–Kier alpha value is -1.84. The second-order valence-electron chi connectivity index (χ2n) is 10.0. The van der Waals surface area contributed by atoms with Crippen molar-refractivity contribution in [3.05, 3.63) is 65.7 Å². The molecule has 2 aromatic rings. The first-order chi connectivity index (χ1) is 14.9. The largest absolute Gasteiger partial charge is 0.462 e. The van der Waals surface area contributed by atoms with E-state index in [-0.39, 0.29) is 11.5 Å². The first-order valence-electron chi connectivity index (χ1n) is 12.0. The topological polar surface area (TPSA) is 27.7 Å². The zero-order valence-electron chi connectivity index (χ0n) is 20.0. The standard InChI is InChI=1S/C28H40O3/c1-6-10-27(28(3,4)5)24-15-17-25(18-16-24)29-21(2)30-31-26-19-13-23(14-20-26)22-11-8-7-9-12-22/h7-9,11-12,15-18,21,23,26-27H,6,10,13-14,19-20H2,1-5H3. The average molecular weight is 425 g/mol. The second kappa shape index (κ2) is 11.2. The van der Waals surface area contributed by atoms with Gasteiger partial charge in [-0.15, -0.1) is 0 Å². The number of hydrogen-bond donors (Lipinski definition) is 0. The van der Waals surface area contributed by atoms with Crippen LogP contribution in [-0.2, 0) is 9.78 Å². The minimum atomic E-state index is -0.438. The fourth-order valence-electron chi connectivity index (χ4n) is 4.75. The molecule has 0 aromatic heterocycles. The lowest BCUT2D eigenvalue weighted by Gasteiger charge is -2.31. The molecular weight excluding hydrogens is 384 g/mol. The quantitative estimate of drug-likeness (QED) is 0.232. The third-order valence-electron chi connectivity index (χ3n) is 6.48. The molecule has 2 aromatic carbocycles. The molecule has 3 heteroatoms. The molecular formula is C28H40O3. The van der Waals surface area contributed by atoms with Gasteiger partial charge >= 0.3 is 0 Å². The fourth-order valence-corrected chi connectivity index (χ4v) is 4.75. The highest BCUT2D eigenvalue weighted by Crippen LogP contribution is 2.39. The molecule has 0 radical (unpaired) electrons. The van der Waals surface area contributed by atoms with Gasteiger partial charge in [0.2, 0.25) is 6.29 Å². The van der Waals surface area contributed by atoms with Crippen molar-refractivity contribution in [3.63, 3.8) is 0 Å². The van der Waals surface area contributed by atoms with Crippen LogP contribution < -0.4 is 4.74 Å². The summed E-state index contributed by atoms with van der Waals surface area (Å²) in [5.41, 5.74) is 3.07. The van der Waals surface area contributed by atoms with Gasteiger partial charge in [0.25, 0.3) is 0 Å². The van der Waals surface area contributed by atoms with E-state index in [1.807, 2.05) is 6.92 Å². The van der Waals surface area contributed by atoms with E-state index in [1.165, 1.54) is 24.0 Å². The van der Waals surface area contributed by atoms with Crippen molar-refractivity contribution in [2.75, 3.05) is 0 Å². The Labute approximate surface area is 189 Å². The van der Waals surface area contributed by atoms with Crippen molar-refractivity contribution in [1.29, 1.82) is 0 Å². The minimum absolute atomic E-state index is 0.148. The summed E-state index contributed by atoms with van der Waals surface area (Å²) in [6, 6.07) is 19.3. The summed E-state index contributed by atoms with van der Waals surface area (Å²) in [6.07, 6.45) is 6.42. The molecule has 0 N–H and O–H groups in total. The van der Waals surface area contributed by atoms with Gasteiger partial charge in [-0.05, 0) is 72.6 Å². The molecule has 0 bridgehead atoms. The molecule has 0 spiro atoms. The molecule has 1 aliphatic rings. The van der Waals surface area contributed by atoms with Crippen molar-refractivity contribution < 1.29 is 14.5 Å². The van der Waals surface area contributed by atoms with Gasteiger partial charge in [-0.2, -0.15) is 4.89 Å². The first-order valence-corrected chi connectivity index (χ1v) is 12.0. The lowest BCUT2D eigenvalue weighted by molar-refractivity contribution is -0.383. The van der Waals surface area contributed by atoms with Gasteiger partial charge in [0, 0.05) is 6.92 Å². The Bertz CT molecular complexity index is 755. The van der Waals surface area contributed by atoms with E-state index in [4.69, 9.17) is 14.5 Å². The van der Waals surface area contributed by atoms with Gasteiger partial charge in [-0.1, -0.05) is 76.6 Å². The lowest BCUT2D eigenvalue weighted by atomic mass is 9.74. The number of benzene rings is 2. The van der Waals surface area contributed by atoms with Gasteiger partial charge in [0.05, 0.1) is 6.10 Å². The van der Waals surface area contributed by atoms with Crippen molar-refractivity contribution in [2.45, 2.75) is 97.4 Å². The molecule has 1 fully saturated rings. The molecule has 1 aliphatic carbocycles. The molecule has 0 heterocycles. The van der Waals surface area contributed by atoms with E-state index in [2.05, 4.69) is 82.3 Å². The maximum absolute atomic E-state index is 5.93. The Morgan fingerprint density at radius 3 is 2.13 bits per heavy atom. The predicted octanol–water partition coefficient (Wildman–Crippen LogP) is 8.02. The van der Waals surface area contributed by atoms with Crippen LogP contribution >= 0.6 is 0 Å². The summed E-state index contributed by atoms with van der Waals surface area (Å²) in [7, 11) is 0. The molecule has 0 amide bonds. The van der Waals surface area contributed by atoms with Gasteiger partial charge in [0.15, 0.2) is 0 Å². The predicted molar refractivity (Wildman–Crippen MR) is 127 cm³/mol. The number of ether oxygens (including phenoxy) is 1. The second-order valence-corrected chi connectivity index (χ2v) is 10.0. The zero-order chi connectivity index (χ0) is 22.3. The van der Waals surface area contributed by atoms with Crippen LogP contribution in [0.2, 0.25) is 0 Å². The molecule has 2 atom stereocenters. The summed E-state index contributed by atoms with van der Waals surface area (Å²) < 4.78 is 5.93. The summed E-state index contributed by atoms with van der Waals surface area (Å²) in [5, 5.41) is 0. The minimum Gasteiger partial charge on any atom is -0.462 e. The van der Waals surface area contributed by atoms with Gasteiger partial charge in [-0.25, -0.2) is 4.89 Å². The van der Waals surface area contributed by atoms with Crippen molar-refractivity contribution in [1.82, 2.24) is 0 Å². The van der Waals surface area contributed by atoms with E-state index < -0.39 is 6.29 Å². The highest BCUT2D eigenvalue weighted by Gasteiger charge is 2.26. The van der Waals surface area contributed by atoms with Crippen molar-refractivity contribution >= 4 is 0 Å². The smallest absolute Gasteiger partial charge is 0.228 e. The molecule has 0 aliphatic heterocycles. The van der Waals surface area contributed by atoms with Gasteiger partial charge < -0.3 is 4.74 Å². The Kier molecular flexibility index (Phi) is 8.57. The van der Waals surface area contributed by atoms with Crippen molar-refractivity contribution in [3.8, 4) is 5.75 Å². The molecule has 170 valence electrons. The van der Waals surface area contributed by atoms with Crippen LogP contribution in [0.3, 0.4) is 0 Å². The monoisotopic (exact) mass is 424 g/mol. The number of hydrogen-bond acceptors (Lipinski definition) is 3. The first kappa shape index (κ1) is 23.8. The summed E-state index contributed by atoms with van der Waals surface area (Å²) in [6.45, 7) is 11.1. The Morgan fingerprint density at radius 2 is 1.55 bits per heavy atom. The summed E-state index contributed by atoms with van der Waals surface area (Å²) in [4.78, 5) is 11.3. The highest BCUT2D eigenvalue weighted by atomic mass is 17.2. The lowest BCUT2D eigenvalue weighted by Crippen LogP contribution is -2.25. The van der Waals surface area contributed by atoms with Gasteiger partial charge in [0.1, 0.15) is 5.75 Å². The zero-order valence-corrected chi connectivity index (χ0v) is 20.0.